The molecule has 3 aliphatic rings. The third kappa shape index (κ3) is 3.68. The Morgan fingerprint density at radius 3 is 2.05 bits per heavy atom. The number of rotatable bonds is 4. The van der Waals surface area contributed by atoms with Crippen molar-refractivity contribution in [2.24, 2.45) is 11.3 Å². The number of nitrogens with zero attached hydrogens (tertiary/aromatic N) is 3. The fourth-order valence-corrected chi connectivity index (χ4v) is 4.94. The Labute approximate surface area is 138 Å². The summed E-state index contributed by atoms with van der Waals surface area (Å²) >= 11 is 0. The number of hydrogen-bond acceptors (Lipinski definition) is 3. The molecule has 3 nitrogen and oxygen atoms in total. The van der Waals surface area contributed by atoms with Crippen LogP contribution in [0.15, 0.2) is 0 Å². The summed E-state index contributed by atoms with van der Waals surface area (Å²) in [6.07, 6.45) is 5.72. The van der Waals surface area contributed by atoms with Gasteiger partial charge in [0.05, 0.1) is 0 Å². The minimum Gasteiger partial charge on any atom is -0.302 e. The molecule has 0 aliphatic carbocycles. The lowest BCUT2D eigenvalue weighted by Crippen LogP contribution is -2.41. The second-order valence-corrected chi connectivity index (χ2v) is 8.87. The largest absolute Gasteiger partial charge is 0.302 e. The van der Waals surface area contributed by atoms with E-state index in [0.717, 1.165) is 18.0 Å². The van der Waals surface area contributed by atoms with Crippen LogP contribution in [0.4, 0.5) is 0 Å². The van der Waals surface area contributed by atoms with Crippen LogP contribution < -0.4 is 0 Å². The fraction of sp³-hybridized carbons (Fsp3) is 1.00. The highest BCUT2D eigenvalue weighted by molar-refractivity contribution is 4.98. The Hall–Kier alpha value is -0.120. The van der Waals surface area contributed by atoms with Crippen molar-refractivity contribution in [3.05, 3.63) is 0 Å². The number of likely N-dealkylation sites (tertiary alicyclic amines) is 3. The van der Waals surface area contributed by atoms with E-state index in [0.29, 0.717) is 5.41 Å². The van der Waals surface area contributed by atoms with Crippen molar-refractivity contribution in [3.8, 4) is 0 Å². The van der Waals surface area contributed by atoms with Gasteiger partial charge in [-0.25, -0.2) is 0 Å². The van der Waals surface area contributed by atoms with E-state index in [2.05, 4.69) is 42.4 Å². The maximum Gasteiger partial charge on any atom is 0.00539 e. The van der Waals surface area contributed by atoms with Gasteiger partial charge in [-0.05, 0) is 90.9 Å². The van der Waals surface area contributed by atoms with E-state index in [-0.39, 0.29) is 0 Å². The third-order valence-electron chi connectivity index (χ3n) is 6.61. The molecule has 3 heteroatoms. The Morgan fingerprint density at radius 2 is 1.45 bits per heavy atom. The Bertz CT molecular complexity index is 360. The van der Waals surface area contributed by atoms with Crippen LogP contribution in [-0.2, 0) is 0 Å². The highest BCUT2D eigenvalue weighted by Crippen LogP contribution is 2.40. The summed E-state index contributed by atoms with van der Waals surface area (Å²) in [7, 11) is 0. The van der Waals surface area contributed by atoms with Gasteiger partial charge < -0.3 is 14.7 Å². The Morgan fingerprint density at radius 1 is 0.818 bits per heavy atom. The first-order chi connectivity index (χ1) is 10.5. The number of hydrogen-bond donors (Lipinski definition) is 0. The van der Waals surface area contributed by atoms with Crippen LogP contribution in [0.25, 0.3) is 0 Å². The molecule has 1 spiro atoms. The van der Waals surface area contributed by atoms with Crippen molar-refractivity contribution < 1.29 is 0 Å². The van der Waals surface area contributed by atoms with E-state index in [4.69, 9.17) is 0 Å². The van der Waals surface area contributed by atoms with Crippen molar-refractivity contribution in [2.45, 2.75) is 65.5 Å². The van der Waals surface area contributed by atoms with Crippen molar-refractivity contribution in [1.82, 2.24) is 14.7 Å². The molecule has 0 radical (unpaired) electrons. The second-order valence-electron chi connectivity index (χ2n) is 8.87. The van der Waals surface area contributed by atoms with E-state index in [1.54, 1.807) is 0 Å². The molecule has 0 aromatic heterocycles. The van der Waals surface area contributed by atoms with Crippen LogP contribution in [-0.4, -0.2) is 72.6 Å². The molecule has 3 fully saturated rings. The van der Waals surface area contributed by atoms with E-state index >= 15 is 0 Å². The topological polar surface area (TPSA) is 9.72 Å². The standard InChI is InChI=1S/C19H37N3/c1-16(2)21-9-5-18(6-10-21)13-20-11-7-19(14-20)8-12-22(15-19)17(3)4/h16-18H,5-15H2,1-4H3. The van der Waals surface area contributed by atoms with Crippen LogP contribution in [0.1, 0.15) is 53.4 Å². The quantitative estimate of drug-likeness (QED) is 0.791. The average Bonchev–Trinajstić information content (AvgIpc) is 3.07. The maximum atomic E-state index is 2.81. The first-order valence-corrected chi connectivity index (χ1v) is 9.68. The van der Waals surface area contributed by atoms with Crippen molar-refractivity contribution in [2.75, 3.05) is 45.8 Å². The maximum absolute atomic E-state index is 2.81. The molecule has 3 aliphatic heterocycles. The zero-order valence-corrected chi connectivity index (χ0v) is 15.4. The smallest absolute Gasteiger partial charge is 0.00539 e. The first kappa shape index (κ1) is 16.7. The molecule has 22 heavy (non-hydrogen) atoms. The van der Waals surface area contributed by atoms with Crippen molar-refractivity contribution in [3.63, 3.8) is 0 Å². The normalized spacial score (nSPS) is 33.0. The van der Waals surface area contributed by atoms with Gasteiger partial charge in [0.2, 0.25) is 0 Å². The summed E-state index contributed by atoms with van der Waals surface area (Å²) in [5.41, 5.74) is 0.642. The highest BCUT2D eigenvalue weighted by Gasteiger charge is 2.44. The van der Waals surface area contributed by atoms with Gasteiger partial charge in [-0.1, -0.05) is 0 Å². The lowest BCUT2D eigenvalue weighted by molar-refractivity contribution is 0.124. The summed E-state index contributed by atoms with van der Waals surface area (Å²) in [6, 6.07) is 1.46. The summed E-state index contributed by atoms with van der Waals surface area (Å²) < 4.78 is 0. The van der Waals surface area contributed by atoms with E-state index in [1.165, 1.54) is 71.5 Å². The van der Waals surface area contributed by atoms with Crippen molar-refractivity contribution >= 4 is 0 Å². The molecule has 0 aromatic rings. The molecule has 0 bridgehead atoms. The lowest BCUT2D eigenvalue weighted by atomic mass is 9.86. The first-order valence-electron chi connectivity index (χ1n) is 9.68. The van der Waals surface area contributed by atoms with Gasteiger partial charge in [-0.3, -0.25) is 0 Å². The zero-order valence-electron chi connectivity index (χ0n) is 15.4. The second kappa shape index (κ2) is 6.78. The number of piperidine rings is 1. The predicted octanol–water partition coefficient (Wildman–Crippen LogP) is 2.91. The minimum absolute atomic E-state index is 0.642. The average molecular weight is 308 g/mol. The van der Waals surface area contributed by atoms with Gasteiger partial charge >= 0.3 is 0 Å². The van der Waals surface area contributed by atoms with Gasteiger partial charge in [0.15, 0.2) is 0 Å². The van der Waals surface area contributed by atoms with Gasteiger partial charge in [-0.15, -0.1) is 0 Å². The lowest BCUT2D eigenvalue weighted by Gasteiger charge is -2.36. The molecule has 0 N–H and O–H groups in total. The third-order valence-corrected chi connectivity index (χ3v) is 6.61. The molecule has 0 aromatic carbocycles. The van der Waals surface area contributed by atoms with Gasteiger partial charge in [0, 0.05) is 31.7 Å². The predicted molar refractivity (Wildman–Crippen MR) is 94.2 cm³/mol. The molecule has 3 saturated heterocycles. The summed E-state index contributed by atoms with van der Waals surface area (Å²) in [6.45, 7) is 18.8. The summed E-state index contributed by atoms with van der Waals surface area (Å²) in [4.78, 5) is 8.16. The Kier molecular flexibility index (Phi) is 5.16. The molecule has 0 saturated carbocycles. The molecule has 128 valence electrons. The molecular formula is C19H37N3. The van der Waals surface area contributed by atoms with Crippen molar-refractivity contribution in [1.29, 1.82) is 0 Å². The molecule has 1 unspecified atom stereocenters. The molecule has 0 amide bonds. The van der Waals surface area contributed by atoms with Crippen LogP contribution in [0, 0.1) is 11.3 Å². The Balaban J connectivity index is 1.44. The molecule has 3 rings (SSSR count). The van der Waals surface area contributed by atoms with Gasteiger partial charge in [-0.2, -0.15) is 0 Å². The van der Waals surface area contributed by atoms with E-state index < -0.39 is 0 Å². The highest BCUT2D eigenvalue weighted by atomic mass is 15.2. The summed E-state index contributed by atoms with van der Waals surface area (Å²) in [5, 5.41) is 0. The van der Waals surface area contributed by atoms with Crippen LogP contribution in [0.2, 0.25) is 0 Å². The van der Waals surface area contributed by atoms with Crippen LogP contribution >= 0.6 is 0 Å². The fourth-order valence-electron chi connectivity index (χ4n) is 4.94. The monoisotopic (exact) mass is 307 g/mol. The minimum atomic E-state index is 0.642. The van der Waals surface area contributed by atoms with Crippen LogP contribution in [0.5, 0.6) is 0 Å². The molecule has 3 heterocycles. The molecule has 1 atom stereocenters. The van der Waals surface area contributed by atoms with Gasteiger partial charge in [0.1, 0.15) is 0 Å². The zero-order chi connectivity index (χ0) is 15.7. The van der Waals surface area contributed by atoms with Crippen LogP contribution in [0.3, 0.4) is 0 Å². The SMILES string of the molecule is CC(C)N1CCC(CN2CCC3(CCN(C(C)C)C3)C2)CC1. The summed E-state index contributed by atoms with van der Waals surface area (Å²) in [5.74, 6) is 0.952. The van der Waals surface area contributed by atoms with E-state index in [1.807, 2.05) is 0 Å². The molecular weight excluding hydrogens is 270 g/mol. The van der Waals surface area contributed by atoms with E-state index in [9.17, 15) is 0 Å². The van der Waals surface area contributed by atoms with Gasteiger partial charge in [0.25, 0.3) is 0 Å².